The highest BCUT2D eigenvalue weighted by Gasteiger charge is 2.40. The summed E-state index contributed by atoms with van der Waals surface area (Å²) in [5.41, 5.74) is 1.95. The van der Waals surface area contributed by atoms with Gasteiger partial charge in [0.25, 0.3) is 5.91 Å². The lowest BCUT2D eigenvalue weighted by atomic mass is 10.0. The molecule has 1 aromatic carbocycles. The van der Waals surface area contributed by atoms with Crippen molar-refractivity contribution in [1.29, 1.82) is 0 Å². The van der Waals surface area contributed by atoms with Gasteiger partial charge in [0, 0.05) is 52.5 Å². The van der Waals surface area contributed by atoms with Crippen molar-refractivity contribution in [3.05, 3.63) is 29.8 Å². The molecule has 5 heteroatoms. The molecule has 0 aliphatic carbocycles. The Hall–Kier alpha value is -1.59. The molecule has 0 radical (unpaired) electrons. The lowest BCUT2D eigenvalue weighted by molar-refractivity contribution is -0.165. The first kappa shape index (κ1) is 17.2. The number of para-hydroxylation sites is 1. The van der Waals surface area contributed by atoms with Crippen molar-refractivity contribution in [3.63, 3.8) is 0 Å². The van der Waals surface area contributed by atoms with Gasteiger partial charge in [-0.3, -0.25) is 9.69 Å². The number of amides is 1. The molecule has 1 atom stereocenters. The van der Waals surface area contributed by atoms with E-state index in [1.54, 1.807) is 19.0 Å². The van der Waals surface area contributed by atoms with E-state index in [2.05, 4.69) is 34.1 Å². The smallest absolute Gasteiger partial charge is 0.255 e. The maximum Gasteiger partial charge on any atom is 0.255 e. The normalized spacial score (nSPS) is 25.0. The summed E-state index contributed by atoms with van der Waals surface area (Å²) in [5, 5.41) is 0. The topological polar surface area (TPSA) is 36.0 Å². The molecule has 1 unspecified atom stereocenters. The lowest BCUT2D eigenvalue weighted by Crippen LogP contribution is -2.57. The van der Waals surface area contributed by atoms with E-state index in [0.29, 0.717) is 13.2 Å². The van der Waals surface area contributed by atoms with Crippen LogP contribution in [0.5, 0.6) is 0 Å². The Morgan fingerprint density at radius 2 is 1.92 bits per heavy atom. The van der Waals surface area contributed by atoms with E-state index in [9.17, 15) is 4.79 Å². The molecule has 2 fully saturated rings. The maximum absolute atomic E-state index is 12.5. The van der Waals surface area contributed by atoms with Crippen LogP contribution in [-0.4, -0.2) is 68.2 Å². The second-order valence-corrected chi connectivity index (χ2v) is 7.31. The zero-order valence-electron chi connectivity index (χ0n) is 15.1. The highest BCUT2D eigenvalue weighted by atomic mass is 16.5. The van der Waals surface area contributed by atoms with Gasteiger partial charge in [0.1, 0.15) is 0 Å². The highest BCUT2D eigenvalue weighted by molar-refractivity contribution is 5.84. The Morgan fingerprint density at radius 1 is 1.21 bits per heavy atom. The Bertz CT molecular complexity index is 584. The maximum atomic E-state index is 12.5. The number of carbonyl (C=O) groups excluding carboxylic acids is 1. The van der Waals surface area contributed by atoms with Gasteiger partial charge in [-0.15, -0.1) is 0 Å². The van der Waals surface area contributed by atoms with Gasteiger partial charge >= 0.3 is 0 Å². The fourth-order valence-electron chi connectivity index (χ4n) is 3.84. The van der Waals surface area contributed by atoms with E-state index in [1.807, 2.05) is 6.92 Å². The van der Waals surface area contributed by atoms with Gasteiger partial charge < -0.3 is 14.5 Å². The molecule has 0 N–H and O–H groups in total. The van der Waals surface area contributed by atoms with Crippen LogP contribution >= 0.6 is 0 Å². The molecule has 24 heavy (non-hydrogen) atoms. The monoisotopic (exact) mass is 331 g/mol. The highest BCUT2D eigenvalue weighted by Crippen LogP contribution is 2.27. The molecule has 0 bridgehead atoms. The number of benzene rings is 1. The average molecular weight is 331 g/mol. The van der Waals surface area contributed by atoms with Gasteiger partial charge in [-0.25, -0.2) is 0 Å². The minimum atomic E-state index is -0.746. The average Bonchev–Trinajstić information content (AvgIpc) is 3.09. The van der Waals surface area contributed by atoms with Crippen molar-refractivity contribution in [2.24, 2.45) is 0 Å². The summed E-state index contributed by atoms with van der Waals surface area (Å²) in [7, 11) is 3.58. The summed E-state index contributed by atoms with van der Waals surface area (Å²) in [5.74, 6) is 0.0417. The zero-order valence-corrected chi connectivity index (χ0v) is 15.1. The number of likely N-dealkylation sites (N-methyl/N-ethyl adjacent to an activating group) is 1. The molecule has 0 saturated carbocycles. The van der Waals surface area contributed by atoms with Crippen LogP contribution in [0, 0.1) is 0 Å². The van der Waals surface area contributed by atoms with Crippen molar-refractivity contribution >= 4 is 11.6 Å². The van der Waals surface area contributed by atoms with Crippen LogP contribution < -0.4 is 4.90 Å². The van der Waals surface area contributed by atoms with E-state index >= 15 is 0 Å². The van der Waals surface area contributed by atoms with E-state index in [-0.39, 0.29) is 5.91 Å². The molecule has 132 valence electrons. The van der Waals surface area contributed by atoms with Crippen LogP contribution in [0.15, 0.2) is 24.3 Å². The molecular formula is C19H29N3O2. The first-order chi connectivity index (χ1) is 11.5. The number of nitrogens with zero attached hydrogens (tertiary/aromatic N) is 3. The molecule has 2 saturated heterocycles. The van der Waals surface area contributed by atoms with E-state index < -0.39 is 5.60 Å². The standard InChI is InChI=1S/C19H29N3O2/c1-19(18(23)20(2)3)15-21(12-13-24-19)14-16-8-4-5-9-17(16)22-10-6-7-11-22/h4-5,8-9H,6-7,10-15H2,1-3H3. The zero-order chi connectivity index (χ0) is 17.2. The summed E-state index contributed by atoms with van der Waals surface area (Å²) in [4.78, 5) is 18.9. The number of ether oxygens (including phenoxy) is 1. The van der Waals surface area contributed by atoms with E-state index in [4.69, 9.17) is 4.74 Å². The molecule has 3 rings (SSSR count). The van der Waals surface area contributed by atoms with Crippen molar-refractivity contribution in [2.75, 3.05) is 51.8 Å². The summed E-state index contributed by atoms with van der Waals surface area (Å²) >= 11 is 0. The van der Waals surface area contributed by atoms with Crippen molar-refractivity contribution < 1.29 is 9.53 Å². The second-order valence-electron chi connectivity index (χ2n) is 7.31. The second kappa shape index (κ2) is 7.11. The molecule has 2 aliphatic heterocycles. The van der Waals surface area contributed by atoms with Gasteiger partial charge in [-0.05, 0) is 31.4 Å². The Morgan fingerprint density at radius 3 is 2.62 bits per heavy atom. The van der Waals surface area contributed by atoms with Crippen LogP contribution in [0.4, 0.5) is 5.69 Å². The number of rotatable bonds is 4. The van der Waals surface area contributed by atoms with Crippen LogP contribution in [0.1, 0.15) is 25.3 Å². The van der Waals surface area contributed by atoms with Crippen LogP contribution in [-0.2, 0) is 16.1 Å². The first-order valence-corrected chi connectivity index (χ1v) is 8.90. The number of hydrogen-bond acceptors (Lipinski definition) is 4. The number of anilines is 1. The number of hydrogen-bond donors (Lipinski definition) is 0. The Kier molecular flexibility index (Phi) is 5.11. The predicted octanol–water partition coefficient (Wildman–Crippen LogP) is 1.97. The van der Waals surface area contributed by atoms with Crippen LogP contribution in [0.25, 0.3) is 0 Å². The Balaban J connectivity index is 1.73. The molecule has 5 nitrogen and oxygen atoms in total. The molecular weight excluding hydrogens is 302 g/mol. The van der Waals surface area contributed by atoms with Gasteiger partial charge in [0.2, 0.25) is 0 Å². The summed E-state index contributed by atoms with van der Waals surface area (Å²) in [6, 6.07) is 8.68. The summed E-state index contributed by atoms with van der Waals surface area (Å²) < 4.78 is 5.84. The third-order valence-corrected chi connectivity index (χ3v) is 5.04. The third-order valence-electron chi connectivity index (χ3n) is 5.04. The van der Waals surface area contributed by atoms with Gasteiger partial charge in [0.05, 0.1) is 6.61 Å². The molecule has 0 aromatic heterocycles. The Labute approximate surface area is 145 Å². The van der Waals surface area contributed by atoms with Gasteiger partial charge in [0.15, 0.2) is 5.60 Å². The van der Waals surface area contributed by atoms with Crippen LogP contribution in [0.2, 0.25) is 0 Å². The minimum absolute atomic E-state index is 0.0417. The molecule has 0 spiro atoms. The first-order valence-electron chi connectivity index (χ1n) is 8.90. The fourth-order valence-corrected chi connectivity index (χ4v) is 3.84. The lowest BCUT2D eigenvalue weighted by Gasteiger charge is -2.40. The van der Waals surface area contributed by atoms with Gasteiger partial charge in [-0.2, -0.15) is 0 Å². The molecule has 2 aliphatic rings. The fraction of sp³-hybridized carbons (Fsp3) is 0.632. The largest absolute Gasteiger partial charge is 0.371 e. The third kappa shape index (κ3) is 3.57. The number of morpholine rings is 1. The number of carbonyl (C=O) groups is 1. The van der Waals surface area contributed by atoms with E-state index in [1.165, 1.54) is 24.1 Å². The van der Waals surface area contributed by atoms with E-state index in [0.717, 1.165) is 26.2 Å². The van der Waals surface area contributed by atoms with Crippen molar-refractivity contribution in [1.82, 2.24) is 9.80 Å². The summed E-state index contributed by atoms with van der Waals surface area (Å²) in [6.07, 6.45) is 2.56. The quantitative estimate of drug-likeness (QED) is 0.845. The molecule has 1 aromatic rings. The van der Waals surface area contributed by atoms with Gasteiger partial charge in [-0.1, -0.05) is 18.2 Å². The van der Waals surface area contributed by atoms with Crippen molar-refractivity contribution in [3.8, 4) is 0 Å². The summed E-state index contributed by atoms with van der Waals surface area (Å²) in [6.45, 7) is 7.18. The SMILES string of the molecule is CN(C)C(=O)C1(C)CN(Cc2ccccc2N2CCCC2)CCO1. The predicted molar refractivity (Wildman–Crippen MR) is 96.2 cm³/mol. The minimum Gasteiger partial charge on any atom is -0.371 e. The molecule has 1 amide bonds. The van der Waals surface area contributed by atoms with Crippen LogP contribution in [0.3, 0.4) is 0 Å². The molecule has 2 heterocycles. The van der Waals surface area contributed by atoms with Crippen molar-refractivity contribution in [2.45, 2.75) is 31.9 Å².